The molecule has 88 valence electrons. The third-order valence-electron chi connectivity index (χ3n) is 2.77. The van der Waals surface area contributed by atoms with Gasteiger partial charge < -0.3 is 9.47 Å². The summed E-state index contributed by atoms with van der Waals surface area (Å²) in [7, 11) is 0. The Morgan fingerprint density at radius 1 is 1.31 bits per heavy atom. The second kappa shape index (κ2) is 5.35. The summed E-state index contributed by atoms with van der Waals surface area (Å²) in [6.45, 7) is 6.05. The van der Waals surface area contributed by atoms with E-state index in [-0.39, 0.29) is 0 Å². The van der Waals surface area contributed by atoms with Crippen molar-refractivity contribution in [3.63, 3.8) is 0 Å². The Bertz CT molecular complexity index is 287. The van der Waals surface area contributed by atoms with E-state index in [0.29, 0.717) is 12.7 Å². The molecule has 0 bridgehead atoms. The lowest BCUT2D eigenvalue weighted by Crippen LogP contribution is -2.03. The van der Waals surface area contributed by atoms with Gasteiger partial charge in [0.1, 0.15) is 18.5 Å². The lowest BCUT2D eigenvalue weighted by Gasteiger charge is -2.07. The van der Waals surface area contributed by atoms with Crippen LogP contribution >= 0.6 is 0 Å². The van der Waals surface area contributed by atoms with Crippen LogP contribution in [-0.4, -0.2) is 19.3 Å². The molecular formula is C14H20O2. The second-order valence-electron chi connectivity index (χ2n) is 4.84. The first kappa shape index (κ1) is 11.5. The normalized spacial score (nSPS) is 18.8. The SMILES string of the molecule is CC(C)CCc1ccc(OCC2CO2)cc1. The van der Waals surface area contributed by atoms with Crippen LogP contribution in [0.4, 0.5) is 0 Å². The molecule has 1 aromatic rings. The molecular weight excluding hydrogens is 200 g/mol. The van der Waals surface area contributed by atoms with E-state index in [1.54, 1.807) is 0 Å². The summed E-state index contributed by atoms with van der Waals surface area (Å²) in [5.74, 6) is 1.71. The van der Waals surface area contributed by atoms with E-state index < -0.39 is 0 Å². The molecule has 0 aliphatic carbocycles. The van der Waals surface area contributed by atoms with Crippen molar-refractivity contribution in [2.24, 2.45) is 5.92 Å². The molecule has 1 saturated heterocycles. The minimum Gasteiger partial charge on any atom is -0.491 e. The number of hydrogen-bond donors (Lipinski definition) is 0. The fourth-order valence-electron chi connectivity index (χ4n) is 1.56. The first-order valence-electron chi connectivity index (χ1n) is 6.07. The van der Waals surface area contributed by atoms with E-state index in [4.69, 9.17) is 9.47 Å². The topological polar surface area (TPSA) is 21.8 Å². The van der Waals surface area contributed by atoms with Crippen LogP contribution in [0, 0.1) is 5.92 Å². The van der Waals surface area contributed by atoms with E-state index in [0.717, 1.165) is 24.7 Å². The zero-order valence-electron chi connectivity index (χ0n) is 10.1. The van der Waals surface area contributed by atoms with Crippen LogP contribution in [0.15, 0.2) is 24.3 Å². The van der Waals surface area contributed by atoms with Gasteiger partial charge in [-0.05, 0) is 36.5 Å². The van der Waals surface area contributed by atoms with Crippen LogP contribution < -0.4 is 4.74 Å². The van der Waals surface area contributed by atoms with E-state index in [1.807, 2.05) is 0 Å². The van der Waals surface area contributed by atoms with Crippen LogP contribution in [0.2, 0.25) is 0 Å². The highest BCUT2D eigenvalue weighted by molar-refractivity contribution is 5.27. The molecule has 0 spiro atoms. The van der Waals surface area contributed by atoms with Crippen molar-refractivity contribution < 1.29 is 9.47 Å². The summed E-state index contributed by atoms with van der Waals surface area (Å²) in [5, 5.41) is 0. The summed E-state index contributed by atoms with van der Waals surface area (Å²) >= 11 is 0. The van der Waals surface area contributed by atoms with Crippen molar-refractivity contribution >= 4 is 0 Å². The molecule has 1 fully saturated rings. The molecule has 0 N–H and O–H groups in total. The Morgan fingerprint density at radius 3 is 2.56 bits per heavy atom. The predicted molar refractivity (Wildman–Crippen MR) is 64.8 cm³/mol. The van der Waals surface area contributed by atoms with Gasteiger partial charge in [0.05, 0.1) is 6.61 Å². The molecule has 2 nitrogen and oxygen atoms in total. The number of aryl methyl sites for hydroxylation is 1. The highest BCUT2D eigenvalue weighted by Gasteiger charge is 2.22. The highest BCUT2D eigenvalue weighted by Crippen LogP contribution is 2.17. The van der Waals surface area contributed by atoms with Gasteiger partial charge in [-0.1, -0.05) is 26.0 Å². The van der Waals surface area contributed by atoms with Gasteiger partial charge in [-0.25, -0.2) is 0 Å². The maximum absolute atomic E-state index is 5.59. The van der Waals surface area contributed by atoms with E-state index in [9.17, 15) is 0 Å². The van der Waals surface area contributed by atoms with E-state index in [2.05, 4.69) is 38.1 Å². The second-order valence-corrected chi connectivity index (χ2v) is 4.84. The van der Waals surface area contributed by atoms with Crippen molar-refractivity contribution in [3.8, 4) is 5.75 Å². The Labute approximate surface area is 97.6 Å². The van der Waals surface area contributed by atoms with Gasteiger partial charge in [0.25, 0.3) is 0 Å². The molecule has 2 heteroatoms. The fraction of sp³-hybridized carbons (Fsp3) is 0.571. The summed E-state index contributed by atoms with van der Waals surface area (Å²) in [6.07, 6.45) is 2.74. The van der Waals surface area contributed by atoms with Crippen molar-refractivity contribution in [1.29, 1.82) is 0 Å². The maximum Gasteiger partial charge on any atom is 0.119 e. The quantitative estimate of drug-likeness (QED) is 0.687. The first-order chi connectivity index (χ1) is 7.74. The van der Waals surface area contributed by atoms with Gasteiger partial charge in [-0.3, -0.25) is 0 Å². The van der Waals surface area contributed by atoms with Gasteiger partial charge in [-0.2, -0.15) is 0 Å². The lowest BCUT2D eigenvalue weighted by atomic mass is 10.0. The van der Waals surface area contributed by atoms with Crippen molar-refractivity contribution in [2.45, 2.75) is 32.8 Å². The van der Waals surface area contributed by atoms with Crippen LogP contribution in [0.1, 0.15) is 25.8 Å². The molecule has 0 amide bonds. The minimum absolute atomic E-state index is 0.334. The smallest absolute Gasteiger partial charge is 0.119 e. The monoisotopic (exact) mass is 220 g/mol. The third-order valence-corrected chi connectivity index (χ3v) is 2.77. The summed E-state index contributed by atoms with van der Waals surface area (Å²) in [5.41, 5.74) is 1.39. The number of ether oxygens (including phenoxy) is 2. The molecule has 1 heterocycles. The Morgan fingerprint density at radius 2 is 2.00 bits per heavy atom. The average Bonchev–Trinajstić information content (AvgIpc) is 3.09. The molecule has 16 heavy (non-hydrogen) atoms. The van der Waals surface area contributed by atoms with Gasteiger partial charge in [0.2, 0.25) is 0 Å². The first-order valence-corrected chi connectivity index (χ1v) is 6.07. The van der Waals surface area contributed by atoms with E-state index >= 15 is 0 Å². The lowest BCUT2D eigenvalue weighted by molar-refractivity contribution is 0.263. The van der Waals surface area contributed by atoms with Crippen LogP contribution in [0.3, 0.4) is 0 Å². The standard InChI is InChI=1S/C14H20O2/c1-11(2)3-4-12-5-7-13(8-6-12)15-9-14-10-16-14/h5-8,11,14H,3-4,9-10H2,1-2H3. The molecule has 1 aliphatic rings. The van der Waals surface area contributed by atoms with Crippen LogP contribution in [-0.2, 0) is 11.2 Å². The summed E-state index contributed by atoms with van der Waals surface area (Å²) in [4.78, 5) is 0. The van der Waals surface area contributed by atoms with Crippen molar-refractivity contribution in [2.75, 3.05) is 13.2 Å². The molecule has 0 radical (unpaired) electrons. The number of benzene rings is 1. The van der Waals surface area contributed by atoms with Crippen LogP contribution in [0.5, 0.6) is 5.75 Å². The molecule has 2 rings (SSSR count). The average molecular weight is 220 g/mol. The molecule has 1 unspecified atom stereocenters. The fourth-order valence-corrected chi connectivity index (χ4v) is 1.56. The largest absolute Gasteiger partial charge is 0.491 e. The maximum atomic E-state index is 5.59. The number of epoxide rings is 1. The van der Waals surface area contributed by atoms with E-state index in [1.165, 1.54) is 12.0 Å². The summed E-state index contributed by atoms with van der Waals surface area (Å²) in [6, 6.07) is 8.42. The zero-order chi connectivity index (χ0) is 11.4. The molecule has 1 atom stereocenters. The Kier molecular flexibility index (Phi) is 3.83. The minimum atomic E-state index is 0.334. The zero-order valence-corrected chi connectivity index (χ0v) is 10.1. The molecule has 1 aromatic carbocycles. The predicted octanol–water partition coefficient (Wildman–Crippen LogP) is 3.05. The number of hydrogen-bond acceptors (Lipinski definition) is 2. The molecule has 0 saturated carbocycles. The Hall–Kier alpha value is -1.02. The van der Waals surface area contributed by atoms with Crippen molar-refractivity contribution in [1.82, 2.24) is 0 Å². The number of rotatable bonds is 6. The Balaban J connectivity index is 1.78. The summed E-state index contributed by atoms with van der Waals surface area (Å²) < 4.78 is 10.7. The van der Waals surface area contributed by atoms with Gasteiger partial charge >= 0.3 is 0 Å². The third kappa shape index (κ3) is 3.86. The van der Waals surface area contributed by atoms with Crippen LogP contribution in [0.25, 0.3) is 0 Å². The molecule has 1 aliphatic heterocycles. The highest BCUT2D eigenvalue weighted by atomic mass is 16.6. The molecule has 0 aromatic heterocycles. The van der Waals surface area contributed by atoms with Crippen molar-refractivity contribution in [3.05, 3.63) is 29.8 Å². The van der Waals surface area contributed by atoms with Gasteiger partial charge in [0.15, 0.2) is 0 Å². The van der Waals surface area contributed by atoms with Gasteiger partial charge in [0, 0.05) is 0 Å². The van der Waals surface area contributed by atoms with Gasteiger partial charge in [-0.15, -0.1) is 0 Å².